The van der Waals surface area contributed by atoms with Gasteiger partial charge in [-0.2, -0.15) is 0 Å². The Morgan fingerprint density at radius 1 is 1.35 bits per heavy atom. The van der Waals surface area contributed by atoms with Gasteiger partial charge in [-0.05, 0) is 18.9 Å². The van der Waals surface area contributed by atoms with Gasteiger partial charge in [0.15, 0.2) is 11.8 Å². The number of hydrogen-bond acceptors (Lipinski definition) is 3. The fourth-order valence-corrected chi connectivity index (χ4v) is 3.12. The van der Waals surface area contributed by atoms with Crippen molar-refractivity contribution in [1.82, 2.24) is 25.0 Å². The van der Waals surface area contributed by atoms with Gasteiger partial charge in [-0.25, -0.2) is 4.99 Å². The quantitative estimate of drug-likeness (QED) is 0.319. The summed E-state index contributed by atoms with van der Waals surface area (Å²) < 4.78 is 1.98. The van der Waals surface area contributed by atoms with Crippen molar-refractivity contribution in [2.75, 3.05) is 19.6 Å². The minimum Gasteiger partial charge on any atom is -0.353 e. The van der Waals surface area contributed by atoms with Crippen LogP contribution in [0.5, 0.6) is 0 Å². The van der Waals surface area contributed by atoms with Crippen molar-refractivity contribution >= 4 is 29.9 Å². The van der Waals surface area contributed by atoms with E-state index in [0.29, 0.717) is 19.0 Å². The second-order valence-corrected chi connectivity index (χ2v) is 6.37. The molecular formula is C19H27IN6. The smallest absolute Gasteiger partial charge is 0.194 e. The van der Waals surface area contributed by atoms with Crippen molar-refractivity contribution in [3.05, 3.63) is 60.2 Å². The fraction of sp³-hybridized carbons (Fsp3) is 0.421. The van der Waals surface area contributed by atoms with Gasteiger partial charge in [-0.15, -0.1) is 40.8 Å². The first-order valence-corrected chi connectivity index (χ1v) is 8.73. The summed E-state index contributed by atoms with van der Waals surface area (Å²) in [5.74, 6) is 3.23. The molecular weight excluding hydrogens is 439 g/mol. The monoisotopic (exact) mass is 466 g/mol. The third kappa shape index (κ3) is 4.84. The number of hydrogen-bond donors (Lipinski definition) is 1. The molecule has 0 radical (unpaired) electrons. The molecule has 0 amide bonds. The Hall–Kier alpha value is -1.90. The van der Waals surface area contributed by atoms with Gasteiger partial charge in [0.1, 0.15) is 12.4 Å². The lowest BCUT2D eigenvalue weighted by Crippen LogP contribution is -2.40. The molecule has 140 valence electrons. The minimum atomic E-state index is 0. The first-order chi connectivity index (χ1) is 12.2. The fourth-order valence-electron chi connectivity index (χ4n) is 3.12. The Bertz CT molecular complexity index is 740. The molecule has 1 aliphatic heterocycles. The number of nitrogens with one attached hydrogen (secondary N) is 1. The first kappa shape index (κ1) is 20.4. The maximum absolute atomic E-state index is 4.78. The highest BCUT2D eigenvalue weighted by molar-refractivity contribution is 14.0. The topological polar surface area (TPSA) is 58.3 Å². The largest absolute Gasteiger partial charge is 0.353 e. The Morgan fingerprint density at radius 3 is 2.77 bits per heavy atom. The molecule has 1 fully saturated rings. The van der Waals surface area contributed by atoms with Gasteiger partial charge in [-0.1, -0.05) is 36.4 Å². The summed E-state index contributed by atoms with van der Waals surface area (Å²) in [6.45, 7) is 8.93. The minimum absolute atomic E-state index is 0. The summed E-state index contributed by atoms with van der Waals surface area (Å²) >= 11 is 0. The molecule has 2 heterocycles. The van der Waals surface area contributed by atoms with Crippen molar-refractivity contribution in [3.8, 4) is 0 Å². The Kier molecular flexibility index (Phi) is 7.62. The van der Waals surface area contributed by atoms with Crippen molar-refractivity contribution in [2.24, 2.45) is 12.0 Å². The maximum atomic E-state index is 4.78. The number of benzene rings is 1. The van der Waals surface area contributed by atoms with Crippen LogP contribution in [-0.2, 0) is 13.6 Å². The van der Waals surface area contributed by atoms with Crippen LogP contribution < -0.4 is 5.32 Å². The van der Waals surface area contributed by atoms with Crippen molar-refractivity contribution in [2.45, 2.75) is 25.8 Å². The normalized spacial score (nSPS) is 17.1. The summed E-state index contributed by atoms with van der Waals surface area (Å²) in [4.78, 5) is 7.10. The number of aromatic nitrogens is 3. The molecule has 0 bridgehead atoms. The van der Waals surface area contributed by atoms with Gasteiger partial charge in [0, 0.05) is 32.6 Å². The third-order valence-corrected chi connectivity index (χ3v) is 4.72. The van der Waals surface area contributed by atoms with E-state index in [9.17, 15) is 0 Å². The van der Waals surface area contributed by atoms with Crippen LogP contribution in [0.25, 0.3) is 0 Å². The predicted molar refractivity (Wildman–Crippen MR) is 116 cm³/mol. The lowest BCUT2D eigenvalue weighted by molar-refractivity contribution is 0.487. The molecule has 0 spiro atoms. The van der Waals surface area contributed by atoms with Gasteiger partial charge < -0.3 is 14.8 Å². The molecule has 6 nitrogen and oxygen atoms in total. The van der Waals surface area contributed by atoms with E-state index in [1.165, 1.54) is 5.56 Å². The maximum Gasteiger partial charge on any atom is 0.194 e. The van der Waals surface area contributed by atoms with Crippen LogP contribution in [0.4, 0.5) is 0 Å². The molecule has 2 aromatic rings. The molecule has 7 heteroatoms. The standard InChI is InChI=1S/C19H26N6.HI/c1-4-11-20-19(21-13-18-23-22-15(2)24(18)3)25-12-10-17(14-25)16-8-6-5-7-9-16;/h4-9,17H,1,10-14H2,2-3H3,(H,20,21);1H. The van der Waals surface area contributed by atoms with E-state index in [-0.39, 0.29) is 24.0 Å². The second kappa shape index (κ2) is 9.70. The molecule has 3 rings (SSSR count). The van der Waals surface area contributed by atoms with E-state index in [2.05, 4.69) is 57.3 Å². The van der Waals surface area contributed by atoms with Gasteiger partial charge >= 0.3 is 0 Å². The summed E-state index contributed by atoms with van der Waals surface area (Å²) in [5.41, 5.74) is 1.40. The number of nitrogens with zero attached hydrogens (tertiary/aromatic N) is 5. The van der Waals surface area contributed by atoms with Gasteiger partial charge in [0.25, 0.3) is 0 Å². The first-order valence-electron chi connectivity index (χ1n) is 8.73. The highest BCUT2D eigenvalue weighted by atomic mass is 127. The molecule has 1 saturated heterocycles. The van der Waals surface area contributed by atoms with E-state index in [4.69, 9.17) is 4.99 Å². The Labute approximate surface area is 172 Å². The summed E-state index contributed by atoms with van der Waals surface area (Å²) in [6.07, 6.45) is 2.99. The molecule has 1 aromatic carbocycles. The number of guanidine groups is 1. The summed E-state index contributed by atoms with van der Waals surface area (Å²) in [6, 6.07) is 10.7. The predicted octanol–water partition coefficient (Wildman–Crippen LogP) is 2.86. The van der Waals surface area contributed by atoms with Gasteiger partial charge in [-0.3, -0.25) is 0 Å². The van der Waals surface area contributed by atoms with Crippen LogP contribution in [0.15, 0.2) is 48.0 Å². The van der Waals surface area contributed by atoms with Crippen LogP contribution in [0.3, 0.4) is 0 Å². The van der Waals surface area contributed by atoms with Gasteiger partial charge in [0.05, 0.1) is 0 Å². The molecule has 0 saturated carbocycles. The Balaban J connectivity index is 0.00000243. The molecule has 1 N–H and O–H groups in total. The summed E-state index contributed by atoms with van der Waals surface area (Å²) in [7, 11) is 1.97. The van der Waals surface area contributed by atoms with Crippen LogP contribution in [-0.4, -0.2) is 45.3 Å². The molecule has 26 heavy (non-hydrogen) atoms. The zero-order valence-electron chi connectivity index (χ0n) is 15.4. The van der Waals surface area contributed by atoms with Crippen molar-refractivity contribution in [3.63, 3.8) is 0 Å². The van der Waals surface area contributed by atoms with E-state index < -0.39 is 0 Å². The third-order valence-electron chi connectivity index (χ3n) is 4.72. The van der Waals surface area contributed by atoms with Crippen LogP contribution in [0.2, 0.25) is 0 Å². The highest BCUT2D eigenvalue weighted by Crippen LogP contribution is 2.26. The molecule has 1 aromatic heterocycles. The number of likely N-dealkylation sites (tertiary alicyclic amines) is 1. The number of rotatable bonds is 5. The molecule has 1 atom stereocenters. The lowest BCUT2D eigenvalue weighted by atomic mass is 9.99. The molecule has 0 aliphatic carbocycles. The van der Waals surface area contributed by atoms with Gasteiger partial charge in [0.2, 0.25) is 0 Å². The molecule has 1 unspecified atom stereocenters. The van der Waals surface area contributed by atoms with Crippen LogP contribution in [0.1, 0.15) is 29.6 Å². The van der Waals surface area contributed by atoms with E-state index in [1.54, 1.807) is 0 Å². The van der Waals surface area contributed by atoms with Crippen LogP contribution >= 0.6 is 24.0 Å². The average Bonchev–Trinajstić information content (AvgIpc) is 3.25. The molecule has 1 aliphatic rings. The Morgan fingerprint density at radius 2 is 2.12 bits per heavy atom. The average molecular weight is 466 g/mol. The van der Waals surface area contributed by atoms with Crippen LogP contribution in [0, 0.1) is 6.92 Å². The zero-order chi connectivity index (χ0) is 17.6. The van der Waals surface area contributed by atoms with Crippen molar-refractivity contribution < 1.29 is 0 Å². The highest BCUT2D eigenvalue weighted by Gasteiger charge is 2.26. The number of aryl methyl sites for hydroxylation is 1. The second-order valence-electron chi connectivity index (χ2n) is 6.37. The van der Waals surface area contributed by atoms with Crippen molar-refractivity contribution in [1.29, 1.82) is 0 Å². The van der Waals surface area contributed by atoms with E-state index in [0.717, 1.165) is 37.1 Å². The number of halogens is 1. The summed E-state index contributed by atoms with van der Waals surface area (Å²) in [5, 5.41) is 11.7. The van der Waals surface area contributed by atoms with E-state index in [1.807, 2.05) is 24.6 Å². The SMILES string of the molecule is C=CCNC(=NCc1nnc(C)n1C)N1CCC(c2ccccc2)C1.I. The van der Waals surface area contributed by atoms with E-state index >= 15 is 0 Å². The lowest BCUT2D eigenvalue weighted by Gasteiger charge is -2.21. The number of aliphatic imine (C=N–C) groups is 1. The zero-order valence-corrected chi connectivity index (χ0v) is 17.8.